The van der Waals surface area contributed by atoms with Crippen molar-refractivity contribution >= 4 is 61.7 Å². The zero-order chi connectivity index (χ0) is 25.5. The van der Waals surface area contributed by atoms with Gasteiger partial charge in [0.1, 0.15) is 5.58 Å². The third-order valence-electron chi connectivity index (χ3n) is 5.29. The largest absolute Gasteiger partial charge is 0.422 e. The number of anilines is 1. The summed E-state index contributed by atoms with van der Waals surface area (Å²) in [6, 6.07) is 13.3. The first kappa shape index (κ1) is 25.3. The fourth-order valence-corrected chi connectivity index (χ4v) is 4.44. The molecule has 1 heterocycles. The third kappa shape index (κ3) is 5.39. The summed E-state index contributed by atoms with van der Waals surface area (Å²) in [6.07, 6.45) is -5.27. The molecule has 0 unspecified atom stereocenters. The normalized spacial score (nSPS) is 11.6. The number of nitrogens with one attached hydrogen (secondary N) is 1. The highest BCUT2D eigenvalue weighted by molar-refractivity contribution is 9.10. The maximum Gasteiger partial charge on any atom is 0.418 e. The van der Waals surface area contributed by atoms with Gasteiger partial charge in [0.2, 0.25) is 5.91 Å². The van der Waals surface area contributed by atoms with Crippen molar-refractivity contribution in [2.45, 2.75) is 19.5 Å². The molecule has 1 N–H and O–H groups in total. The van der Waals surface area contributed by atoms with Gasteiger partial charge in [-0.15, -0.1) is 0 Å². The lowest BCUT2D eigenvalue weighted by Gasteiger charge is -2.16. The Kier molecular flexibility index (Phi) is 6.99. The van der Waals surface area contributed by atoms with Crippen LogP contribution in [0.15, 0.2) is 68.3 Å². The molecule has 0 saturated heterocycles. The number of amides is 1. The standard InChI is InChI=1S/C25H15BrCl2F3NO3/c1-12-7-16-21(11-19(12)28)35-24(34)17(23(16)13-3-2-4-14(26)8-13)10-22(33)32-20-6-5-15(27)9-18(20)25(29,30)31/h2-9,11H,10H2,1H3,(H,32,33). The molecule has 4 aromatic rings. The van der Waals surface area contributed by atoms with Crippen molar-refractivity contribution in [3.63, 3.8) is 0 Å². The maximum atomic E-state index is 13.4. The third-order valence-corrected chi connectivity index (χ3v) is 6.43. The van der Waals surface area contributed by atoms with Crippen molar-refractivity contribution in [1.29, 1.82) is 0 Å². The van der Waals surface area contributed by atoms with Crippen LogP contribution in [0.1, 0.15) is 16.7 Å². The van der Waals surface area contributed by atoms with Gasteiger partial charge in [-0.05, 0) is 54.4 Å². The summed E-state index contributed by atoms with van der Waals surface area (Å²) in [7, 11) is 0. The topological polar surface area (TPSA) is 59.3 Å². The van der Waals surface area contributed by atoms with Gasteiger partial charge in [0.25, 0.3) is 0 Å². The highest BCUT2D eigenvalue weighted by Crippen LogP contribution is 2.37. The molecule has 0 aliphatic heterocycles. The zero-order valence-electron chi connectivity index (χ0n) is 17.9. The average molecular weight is 585 g/mol. The van der Waals surface area contributed by atoms with Crippen molar-refractivity contribution in [3.05, 3.63) is 96.2 Å². The molecule has 1 aromatic heterocycles. The van der Waals surface area contributed by atoms with E-state index in [0.29, 0.717) is 21.5 Å². The van der Waals surface area contributed by atoms with Crippen LogP contribution >= 0.6 is 39.1 Å². The summed E-state index contributed by atoms with van der Waals surface area (Å²) in [5.74, 6) is -0.827. The van der Waals surface area contributed by atoms with Crippen LogP contribution in [0.2, 0.25) is 10.0 Å². The number of carbonyl (C=O) groups excluding carboxylic acids is 1. The first-order valence-corrected chi connectivity index (χ1v) is 11.7. The Morgan fingerprint density at radius 2 is 1.83 bits per heavy atom. The second kappa shape index (κ2) is 9.68. The molecule has 0 spiro atoms. The molecule has 0 fully saturated rings. The van der Waals surface area contributed by atoms with E-state index in [4.69, 9.17) is 27.6 Å². The Hall–Kier alpha value is -2.81. The minimum absolute atomic E-state index is 0.00246. The Bertz CT molecular complexity index is 1530. The molecule has 3 aromatic carbocycles. The zero-order valence-corrected chi connectivity index (χ0v) is 21.0. The number of halogens is 6. The van der Waals surface area contributed by atoms with Crippen LogP contribution in [0.25, 0.3) is 22.1 Å². The maximum absolute atomic E-state index is 13.4. The van der Waals surface area contributed by atoms with Crippen LogP contribution in [0.5, 0.6) is 0 Å². The molecule has 0 aliphatic rings. The van der Waals surface area contributed by atoms with Gasteiger partial charge >= 0.3 is 11.8 Å². The summed E-state index contributed by atoms with van der Waals surface area (Å²) in [6.45, 7) is 1.78. The van der Waals surface area contributed by atoms with Crippen molar-refractivity contribution in [2.24, 2.45) is 0 Å². The first-order chi connectivity index (χ1) is 16.4. The van der Waals surface area contributed by atoms with E-state index >= 15 is 0 Å². The second-order valence-electron chi connectivity index (χ2n) is 7.76. The number of benzene rings is 3. The van der Waals surface area contributed by atoms with Crippen molar-refractivity contribution in [2.75, 3.05) is 5.32 Å². The molecule has 0 atom stereocenters. The molecule has 0 radical (unpaired) electrons. The SMILES string of the molecule is Cc1cc2c(-c3cccc(Br)c3)c(CC(=O)Nc3ccc(Cl)cc3C(F)(F)F)c(=O)oc2cc1Cl. The van der Waals surface area contributed by atoms with Gasteiger partial charge in [-0.25, -0.2) is 4.79 Å². The number of hydrogen-bond donors (Lipinski definition) is 1. The van der Waals surface area contributed by atoms with Crippen molar-refractivity contribution < 1.29 is 22.4 Å². The second-order valence-corrected chi connectivity index (χ2v) is 9.52. The fourth-order valence-electron chi connectivity index (χ4n) is 3.72. The smallest absolute Gasteiger partial charge is 0.418 e. The number of aryl methyl sites for hydroxylation is 1. The van der Waals surface area contributed by atoms with Crippen LogP contribution < -0.4 is 10.9 Å². The van der Waals surface area contributed by atoms with Gasteiger partial charge in [-0.2, -0.15) is 13.2 Å². The Labute approximate surface area is 215 Å². The molecule has 35 heavy (non-hydrogen) atoms. The monoisotopic (exact) mass is 583 g/mol. The number of carbonyl (C=O) groups is 1. The first-order valence-electron chi connectivity index (χ1n) is 10.1. The van der Waals surface area contributed by atoms with Gasteiger partial charge < -0.3 is 9.73 Å². The molecule has 0 bridgehead atoms. The van der Waals surface area contributed by atoms with Gasteiger partial charge in [-0.1, -0.05) is 51.3 Å². The lowest BCUT2D eigenvalue weighted by Crippen LogP contribution is -2.22. The molecule has 180 valence electrons. The Morgan fingerprint density at radius 3 is 2.51 bits per heavy atom. The van der Waals surface area contributed by atoms with E-state index in [2.05, 4.69) is 21.2 Å². The molecule has 10 heteroatoms. The van der Waals surface area contributed by atoms with Gasteiger partial charge in [0, 0.05) is 31.5 Å². The predicted molar refractivity (Wildman–Crippen MR) is 134 cm³/mol. The molecule has 4 rings (SSSR count). The predicted octanol–water partition coefficient (Wildman–Crippen LogP) is 8.04. The van der Waals surface area contributed by atoms with E-state index in [9.17, 15) is 22.8 Å². The number of fused-ring (bicyclic) bond motifs is 1. The van der Waals surface area contributed by atoms with E-state index in [1.807, 2.05) is 0 Å². The Balaban J connectivity index is 1.84. The summed E-state index contributed by atoms with van der Waals surface area (Å²) < 4.78 is 46.5. The molecular weight excluding hydrogens is 570 g/mol. The van der Waals surface area contributed by atoms with E-state index in [-0.39, 0.29) is 16.2 Å². The number of hydrogen-bond acceptors (Lipinski definition) is 3. The van der Waals surface area contributed by atoms with Crippen LogP contribution in [0.3, 0.4) is 0 Å². The lowest BCUT2D eigenvalue weighted by molar-refractivity contribution is -0.137. The fraction of sp³-hybridized carbons (Fsp3) is 0.120. The molecule has 0 aliphatic carbocycles. The average Bonchev–Trinajstić information content (AvgIpc) is 2.76. The van der Waals surface area contributed by atoms with E-state index < -0.39 is 35.4 Å². The van der Waals surface area contributed by atoms with Gasteiger partial charge in [0.05, 0.1) is 23.2 Å². The minimum Gasteiger partial charge on any atom is -0.422 e. The van der Waals surface area contributed by atoms with Crippen molar-refractivity contribution in [1.82, 2.24) is 0 Å². The Morgan fingerprint density at radius 1 is 1.09 bits per heavy atom. The highest BCUT2D eigenvalue weighted by Gasteiger charge is 2.34. The highest BCUT2D eigenvalue weighted by atomic mass is 79.9. The lowest BCUT2D eigenvalue weighted by atomic mass is 9.94. The van der Waals surface area contributed by atoms with E-state index in [1.165, 1.54) is 12.1 Å². The van der Waals surface area contributed by atoms with E-state index in [1.54, 1.807) is 37.3 Å². The summed E-state index contributed by atoms with van der Waals surface area (Å²) in [5, 5.41) is 3.06. The van der Waals surface area contributed by atoms with Crippen LogP contribution in [-0.2, 0) is 17.4 Å². The summed E-state index contributed by atoms with van der Waals surface area (Å²) in [5.41, 5.74) is -0.376. The van der Waals surface area contributed by atoms with Crippen molar-refractivity contribution in [3.8, 4) is 11.1 Å². The van der Waals surface area contributed by atoms with Crippen LogP contribution in [0.4, 0.5) is 18.9 Å². The summed E-state index contributed by atoms with van der Waals surface area (Å²) in [4.78, 5) is 25.9. The van der Waals surface area contributed by atoms with Gasteiger partial charge in [0.15, 0.2) is 0 Å². The number of rotatable bonds is 4. The van der Waals surface area contributed by atoms with Gasteiger partial charge in [-0.3, -0.25) is 4.79 Å². The quantitative estimate of drug-likeness (QED) is 0.247. The minimum atomic E-state index is -4.74. The summed E-state index contributed by atoms with van der Waals surface area (Å²) >= 11 is 15.3. The molecule has 0 saturated carbocycles. The van der Waals surface area contributed by atoms with Crippen LogP contribution in [0, 0.1) is 6.92 Å². The number of alkyl halides is 3. The van der Waals surface area contributed by atoms with E-state index in [0.717, 1.165) is 22.2 Å². The molecule has 1 amide bonds. The van der Waals surface area contributed by atoms with Crippen LogP contribution in [-0.4, -0.2) is 5.91 Å². The molecular formula is C25H15BrCl2F3NO3. The molecule has 4 nitrogen and oxygen atoms in total.